The fourth-order valence-electron chi connectivity index (χ4n) is 3.67. The summed E-state index contributed by atoms with van der Waals surface area (Å²) in [4.78, 5) is 2.36. The fourth-order valence-corrected chi connectivity index (χ4v) is 3.67. The molecule has 0 radical (unpaired) electrons. The number of ether oxygens (including phenoxy) is 1. The summed E-state index contributed by atoms with van der Waals surface area (Å²) in [7, 11) is 1.74. The van der Waals surface area contributed by atoms with Crippen molar-refractivity contribution >= 4 is 0 Å². The van der Waals surface area contributed by atoms with E-state index in [1.54, 1.807) is 7.11 Å². The molecule has 0 fully saturated rings. The minimum absolute atomic E-state index is 0.180. The van der Waals surface area contributed by atoms with Gasteiger partial charge in [0.1, 0.15) is 0 Å². The number of hydrogen-bond acceptors (Lipinski definition) is 3. The Hall–Kier alpha value is -1.62. The molecule has 1 aromatic carbocycles. The van der Waals surface area contributed by atoms with Gasteiger partial charge in [-0.25, -0.2) is 0 Å². The zero-order chi connectivity index (χ0) is 21.3. The first-order valence-electron chi connectivity index (χ1n) is 11.0. The van der Waals surface area contributed by atoms with Crippen molar-refractivity contribution in [2.75, 3.05) is 26.8 Å². The van der Waals surface area contributed by atoms with Gasteiger partial charge in [0.2, 0.25) is 0 Å². The molecule has 2 aromatic rings. The molecule has 0 aliphatic carbocycles. The summed E-state index contributed by atoms with van der Waals surface area (Å²) in [6, 6.07) is 13.3. The van der Waals surface area contributed by atoms with Gasteiger partial charge in [0.05, 0.1) is 6.10 Å². The zero-order valence-electron chi connectivity index (χ0n) is 19.0. The number of nitrogens with zero attached hydrogens (tertiary/aromatic N) is 2. The van der Waals surface area contributed by atoms with E-state index in [0.717, 1.165) is 45.5 Å². The van der Waals surface area contributed by atoms with E-state index in [1.807, 2.05) is 0 Å². The van der Waals surface area contributed by atoms with E-state index < -0.39 is 0 Å². The molecule has 0 bridgehead atoms. The number of benzene rings is 1. The van der Waals surface area contributed by atoms with Gasteiger partial charge in [-0.3, -0.25) is 4.90 Å². The Morgan fingerprint density at radius 1 is 1.14 bits per heavy atom. The van der Waals surface area contributed by atoms with Crippen LogP contribution in [0.2, 0.25) is 0 Å². The van der Waals surface area contributed by atoms with Crippen LogP contribution in [-0.4, -0.2) is 47.5 Å². The van der Waals surface area contributed by atoms with Crippen LogP contribution in [0.25, 0.3) is 0 Å². The maximum Gasteiger partial charge on any atom is 0.0667 e. The van der Waals surface area contributed by atoms with Crippen LogP contribution in [0.5, 0.6) is 0 Å². The van der Waals surface area contributed by atoms with Crippen LogP contribution >= 0.6 is 0 Å². The lowest BCUT2D eigenvalue weighted by Gasteiger charge is -2.26. The van der Waals surface area contributed by atoms with Crippen LogP contribution in [0.3, 0.4) is 0 Å². The van der Waals surface area contributed by atoms with E-state index in [9.17, 15) is 5.11 Å². The van der Waals surface area contributed by atoms with Crippen LogP contribution in [0.15, 0.2) is 42.6 Å². The van der Waals surface area contributed by atoms with Crippen molar-refractivity contribution in [1.29, 1.82) is 0 Å². The summed E-state index contributed by atoms with van der Waals surface area (Å²) in [6.45, 7) is 13.0. The minimum atomic E-state index is -0.268. The van der Waals surface area contributed by atoms with Gasteiger partial charge in [-0.05, 0) is 41.5 Å². The molecule has 0 amide bonds. The molecule has 0 saturated carbocycles. The predicted molar refractivity (Wildman–Crippen MR) is 121 cm³/mol. The second-order valence-electron chi connectivity index (χ2n) is 9.10. The molecular formula is C25H40N2O2. The number of aromatic nitrogens is 1. The van der Waals surface area contributed by atoms with Crippen LogP contribution in [-0.2, 0) is 23.2 Å². The summed E-state index contributed by atoms with van der Waals surface area (Å²) in [5.74, 6) is 0. The molecule has 1 heterocycles. The van der Waals surface area contributed by atoms with Gasteiger partial charge in [0.15, 0.2) is 0 Å². The lowest BCUT2D eigenvalue weighted by Crippen LogP contribution is -2.34. The van der Waals surface area contributed by atoms with Crippen molar-refractivity contribution in [2.24, 2.45) is 0 Å². The number of aliphatic hydroxyl groups excluding tert-OH is 1. The van der Waals surface area contributed by atoms with Crippen molar-refractivity contribution in [3.63, 3.8) is 0 Å². The Bertz CT molecular complexity index is 700. The Morgan fingerprint density at radius 3 is 2.48 bits per heavy atom. The highest BCUT2D eigenvalue weighted by Gasteiger charge is 2.15. The number of methoxy groups -OCH3 is 1. The van der Waals surface area contributed by atoms with Crippen LogP contribution in [0.4, 0.5) is 0 Å². The smallest absolute Gasteiger partial charge is 0.0667 e. The topological polar surface area (TPSA) is 37.6 Å². The molecule has 0 aliphatic rings. The predicted octanol–water partition coefficient (Wildman–Crippen LogP) is 4.83. The van der Waals surface area contributed by atoms with E-state index in [-0.39, 0.29) is 11.5 Å². The monoisotopic (exact) mass is 400 g/mol. The van der Waals surface area contributed by atoms with Gasteiger partial charge >= 0.3 is 0 Å². The third-order valence-electron chi connectivity index (χ3n) is 5.40. The number of hydrogen-bond donors (Lipinski definition) is 1. The molecule has 29 heavy (non-hydrogen) atoms. The van der Waals surface area contributed by atoms with Gasteiger partial charge < -0.3 is 14.4 Å². The third kappa shape index (κ3) is 7.96. The summed E-state index contributed by atoms with van der Waals surface area (Å²) in [5.41, 5.74) is 4.14. The van der Waals surface area contributed by atoms with E-state index in [4.69, 9.17) is 4.74 Å². The Morgan fingerprint density at radius 2 is 1.86 bits per heavy atom. The third-order valence-corrected chi connectivity index (χ3v) is 5.40. The lowest BCUT2D eigenvalue weighted by atomic mass is 9.87. The largest absolute Gasteiger partial charge is 0.392 e. The van der Waals surface area contributed by atoms with Gasteiger partial charge in [-0.1, -0.05) is 58.4 Å². The molecule has 0 aliphatic heterocycles. The highest BCUT2D eigenvalue weighted by Crippen LogP contribution is 2.22. The molecule has 2 rings (SSSR count). The quantitative estimate of drug-likeness (QED) is 0.518. The fraction of sp³-hybridized carbons (Fsp3) is 0.600. The van der Waals surface area contributed by atoms with Crippen LogP contribution < -0.4 is 0 Å². The van der Waals surface area contributed by atoms with Gasteiger partial charge in [0.25, 0.3) is 0 Å². The molecule has 1 N–H and O–H groups in total. The highest BCUT2D eigenvalue weighted by atomic mass is 16.5. The van der Waals surface area contributed by atoms with E-state index in [1.165, 1.54) is 16.8 Å². The van der Waals surface area contributed by atoms with Gasteiger partial charge in [0, 0.05) is 51.8 Å². The normalized spacial score (nSPS) is 13.2. The average Bonchev–Trinajstić information content (AvgIpc) is 3.08. The average molecular weight is 401 g/mol. The Balaban J connectivity index is 2.05. The van der Waals surface area contributed by atoms with Crippen molar-refractivity contribution in [1.82, 2.24) is 9.47 Å². The molecule has 1 aromatic heterocycles. The maximum atomic E-state index is 10.3. The summed E-state index contributed by atoms with van der Waals surface area (Å²) in [6.07, 6.45) is 4.72. The van der Waals surface area contributed by atoms with Gasteiger partial charge in [-0.15, -0.1) is 0 Å². The van der Waals surface area contributed by atoms with Crippen LogP contribution in [0.1, 0.15) is 63.8 Å². The lowest BCUT2D eigenvalue weighted by molar-refractivity contribution is 0.0918. The first-order chi connectivity index (χ1) is 13.8. The van der Waals surface area contributed by atoms with E-state index in [0.29, 0.717) is 6.54 Å². The van der Waals surface area contributed by atoms with Crippen molar-refractivity contribution < 1.29 is 9.84 Å². The van der Waals surface area contributed by atoms with Gasteiger partial charge in [-0.2, -0.15) is 0 Å². The summed E-state index contributed by atoms with van der Waals surface area (Å²) >= 11 is 0. The Kier molecular flexibility index (Phi) is 9.41. The van der Waals surface area contributed by atoms with Crippen molar-refractivity contribution in [2.45, 2.75) is 71.6 Å². The molecule has 0 spiro atoms. The first-order valence-corrected chi connectivity index (χ1v) is 11.0. The molecule has 0 unspecified atom stereocenters. The standard InChI is InChI=1S/C25H40N2O2/c1-6-9-24(28)20-26(15-8-17-29-5)19-23-10-7-16-27(23)18-21-11-13-22(14-12-21)25(2,3)4/h7,10-14,16,24,28H,6,8-9,15,17-20H2,1-5H3/t24-/m1/s1. The number of rotatable bonds is 12. The molecule has 4 nitrogen and oxygen atoms in total. The molecule has 0 saturated heterocycles. The Labute approximate surface area is 177 Å². The first kappa shape index (κ1) is 23.7. The molecule has 4 heteroatoms. The van der Waals surface area contributed by atoms with Crippen LogP contribution in [0, 0.1) is 0 Å². The summed E-state index contributed by atoms with van der Waals surface area (Å²) < 4.78 is 7.54. The molecular weight excluding hydrogens is 360 g/mol. The SMILES string of the molecule is CCC[C@@H](O)CN(CCCOC)Cc1cccn1Cc1ccc(C(C)(C)C)cc1. The van der Waals surface area contributed by atoms with Crippen molar-refractivity contribution in [3.8, 4) is 0 Å². The van der Waals surface area contributed by atoms with Crippen molar-refractivity contribution in [3.05, 3.63) is 59.4 Å². The minimum Gasteiger partial charge on any atom is -0.392 e. The zero-order valence-corrected chi connectivity index (χ0v) is 19.0. The second-order valence-corrected chi connectivity index (χ2v) is 9.10. The van der Waals surface area contributed by atoms with E-state index in [2.05, 4.69) is 79.8 Å². The maximum absolute atomic E-state index is 10.3. The summed E-state index contributed by atoms with van der Waals surface area (Å²) in [5, 5.41) is 10.3. The molecule has 1 atom stereocenters. The second kappa shape index (κ2) is 11.5. The van der Waals surface area contributed by atoms with E-state index >= 15 is 0 Å². The molecule has 162 valence electrons. The highest BCUT2D eigenvalue weighted by molar-refractivity contribution is 5.28. The number of aliphatic hydroxyl groups is 1.